The molecule has 330 valence electrons. The maximum Gasteiger partial charge on any atom is 0.315 e. The average molecular weight is 827 g/mol. The highest BCUT2D eigenvalue weighted by atomic mass is 16.8. The molecule has 22 atom stereocenters. The van der Waals surface area contributed by atoms with Crippen LogP contribution < -0.4 is 0 Å². The van der Waals surface area contributed by atoms with E-state index >= 15 is 0 Å². The highest BCUT2D eigenvalue weighted by molar-refractivity contribution is 5.82. The van der Waals surface area contributed by atoms with Crippen molar-refractivity contribution in [2.45, 2.75) is 172 Å². The first-order chi connectivity index (χ1) is 27.1. The lowest BCUT2D eigenvalue weighted by atomic mass is 9.33. The van der Waals surface area contributed by atoms with Gasteiger partial charge in [-0.1, -0.05) is 53.2 Å². The average Bonchev–Trinajstić information content (AvgIpc) is 3.49. The Morgan fingerprint density at radius 2 is 1.38 bits per heavy atom. The zero-order chi connectivity index (χ0) is 42.3. The fourth-order valence-corrected chi connectivity index (χ4v) is 14.3. The number of carbonyl (C=O) groups excluding carboxylic acids is 1. The minimum Gasteiger partial charge on any atom is -0.461 e. The van der Waals surface area contributed by atoms with Crippen LogP contribution >= 0.6 is 0 Å². The molecular formula is C42H66O16. The third-order valence-corrected chi connectivity index (χ3v) is 17.8. The second-order valence-electron chi connectivity index (χ2n) is 20.9. The van der Waals surface area contributed by atoms with Crippen molar-refractivity contribution in [2.75, 3.05) is 19.8 Å². The summed E-state index contributed by atoms with van der Waals surface area (Å²) in [7, 11) is 0. The van der Waals surface area contributed by atoms with Crippen LogP contribution in [0.1, 0.15) is 86.5 Å². The summed E-state index contributed by atoms with van der Waals surface area (Å²) in [4.78, 5) is 13.7. The number of hydrogen-bond acceptors (Lipinski definition) is 16. The van der Waals surface area contributed by atoms with E-state index in [4.69, 9.17) is 23.7 Å². The maximum absolute atomic E-state index is 13.7. The SMILES string of the molecule is CC1(C)C[C@H]2C3=CC[C@H]4[C@@]5(C)C[C@H](O)[C@H](O[C@@H]6O[C@H](CO)[C@@H](O)[C@H](O)[C@H]6O[C@@H]6O[C@H](CO)[C@@H](O)[C@H](O)[C@H]6O)[C@@](C)(CO)[C@H]5CC[C@@]4(C)[C@]3(C)C[C@H](O)[C@@]23C[C@@H]1OC3=O. The first-order valence-electron chi connectivity index (χ1n) is 21.2. The van der Waals surface area contributed by atoms with E-state index in [2.05, 4.69) is 40.7 Å². The molecule has 3 aliphatic heterocycles. The molecule has 0 aromatic heterocycles. The number of allylic oxidation sites excluding steroid dienone is 2. The van der Waals surface area contributed by atoms with E-state index in [9.17, 15) is 55.9 Å². The Hall–Kier alpha value is -1.35. The lowest BCUT2D eigenvalue weighted by Gasteiger charge is -2.72. The van der Waals surface area contributed by atoms with Gasteiger partial charge in [-0.2, -0.15) is 0 Å². The first kappa shape index (κ1) is 43.3. The van der Waals surface area contributed by atoms with E-state index < -0.39 is 121 Å². The van der Waals surface area contributed by atoms with Crippen LogP contribution in [0.25, 0.3) is 0 Å². The van der Waals surface area contributed by atoms with Gasteiger partial charge in [-0.3, -0.25) is 4.79 Å². The number of rotatable bonds is 7. The lowest BCUT2D eigenvalue weighted by molar-refractivity contribution is -0.384. The molecule has 58 heavy (non-hydrogen) atoms. The van der Waals surface area contributed by atoms with Gasteiger partial charge in [0.25, 0.3) is 0 Å². The van der Waals surface area contributed by atoms with Crippen LogP contribution in [0.5, 0.6) is 0 Å². The van der Waals surface area contributed by atoms with Crippen LogP contribution in [0.3, 0.4) is 0 Å². The van der Waals surface area contributed by atoms with Crippen molar-refractivity contribution in [1.29, 1.82) is 0 Å². The molecule has 7 fully saturated rings. The van der Waals surface area contributed by atoms with Crippen molar-refractivity contribution in [3.8, 4) is 0 Å². The molecule has 16 nitrogen and oxygen atoms in total. The van der Waals surface area contributed by atoms with Gasteiger partial charge in [0, 0.05) is 17.3 Å². The molecule has 0 radical (unpaired) electrons. The molecule has 0 aromatic rings. The van der Waals surface area contributed by atoms with E-state index in [0.29, 0.717) is 25.7 Å². The number of hydrogen-bond donors (Lipinski definition) is 10. The minimum absolute atomic E-state index is 0.000887. The number of ether oxygens (including phenoxy) is 5. The second kappa shape index (κ2) is 14.3. The molecule has 1 spiro atoms. The number of fused-ring (bicyclic) bond motifs is 7. The summed E-state index contributed by atoms with van der Waals surface area (Å²) in [5.41, 5.74) is -2.48. The molecule has 10 N–H and O–H groups in total. The fourth-order valence-electron chi connectivity index (χ4n) is 14.3. The highest BCUT2D eigenvalue weighted by Gasteiger charge is 2.75. The second-order valence-corrected chi connectivity index (χ2v) is 20.9. The molecule has 2 bridgehead atoms. The minimum atomic E-state index is -1.85. The zero-order valence-electron chi connectivity index (χ0n) is 34.4. The van der Waals surface area contributed by atoms with Crippen molar-refractivity contribution in [3.63, 3.8) is 0 Å². The Bertz CT molecular complexity index is 1620. The number of carbonyl (C=O) groups is 1. The standard InChI is InChI=1S/C42H66O16/c1-37(2)11-19-18-7-8-24-38(3)12-20(46)33(58-35-32(30(51)28(49)22(16-44)55-35)57-34-31(52)29(50)27(48)21(15-43)54-34)39(4,17-45)23(38)9-10-40(24,5)41(18,6)13-25(47)42(19)14-26(37)56-36(42)53/h7,19-35,43-52H,8-17H2,1-6H3/t19-,20-,21+,22+,23-,24-,25-,26-,27+,28+,29-,30-,31+,32+,33-,34-,35-,38-,39-,40+,41+,42+/m0/s1. The van der Waals surface area contributed by atoms with Crippen molar-refractivity contribution < 1.29 is 79.5 Å². The third kappa shape index (κ3) is 5.73. The van der Waals surface area contributed by atoms with Crippen molar-refractivity contribution in [1.82, 2.24) is 0 Å². The summed E-state index contributed by atoms with van der Waals surface area (Å²) >= 11 is 0. The molecule has 0 unspecified atom stereocenters. The Kier molecular flexibility index (Phi) is 10.7. The third-order valence-electron chi connectivity index (χ3n) is 17.8. The van der Waals surface area contributed by atoms with Gasteiger partial charge in [0.05, 0.1) is 38.1 Å². The Morgan fingerprint density at radius 3 is 2.02 bits per heavy atom. The van der Waals surface area contributed by atoms with Crippen LogP contribution in [-0.4, -0.2) is 163 Å². The predicted octanol–water partition coefficient (Wildman–Crippen LogP) is -0.753. The van der Waals surface area contributed by atoms with Gasteiger partial charge in [-0.05, 0) is 72.5 Å². The predicted molar refractivity (Wildman–Crippen MR) is 200 cm³/mol. The van der Waals surface area contributed by atoms with Crippen molar-refractivity contribution in [3.05, 3.63) is 11.6 Å². The summed E-state index contributed by atoms with van der Waals surface area (Å²) in [6.07, 6.45) is -13.7. The number of aliphatic hydroxyl groups is 10. The molecule has 3 saturated heterocycles. The summed E-state index contributed by atoms with van der Waals surface area (Å²) in [6.45, 7) is 11.0. The van der Waals surface area contributed by atoms with E-state index in [1.165, 1.54) is 5.57 Å². The molecule has 5 aliphatic carbocycles. The Balaban J connectivity index is 1.10. The first-order valence-corrected chi connectivity index (χ1v) is 21.2. The summed E-state index contributed by atoms with van der Waals surface area (Å²) < 4.78 is 29.9. The van der Waals surface area contributed by atoms with Crippen LogP contribution in [0.15, 0.2) is 11.6 Å². The van der Waals surface area contributed by atoms with Gasteiger partial charge in [-0.25, -0.2) is 0 Å². The Labute approximate surface area is 339 Å². The van der Waals surface area contributed by atoms with E-state index in [0.717, 1.165) is 12.8 Å². The number of aliphatic hydroxyl groups excluding tert-OH is 10. The normalized spacial score (nSPS) is 57.3. The molecule has 0 amide bonds. The van der Waals surface area contributed by atoms with Gasteiger partial charge in [-0.15, -0.1) is 0 Å². The van der Waals surface area contributed by atoms with Crippen LogP contribution in [-0.2, 0) is 28.5 Å². The maximum atomic E-state index is 13.7. The topological polar surface area (TPSA) is 266 Å². The highest BCUT2D eigenvalue weighted by Crippen LogP contribution is 2.76. The van der Waals surface area contributed by atoms with Gasteiger partial charge < -0.3 is 74.7 Å². The molecule has 3 heterocycles. The van der Waals surface area contributed by atoms with Crippen LogP contribution in [0.4, 0.5) is 0 Å². The van der Waals surface area contributed by atoms with Crippen molar-refractivity contribution in [2.24, 2.45) is 50.2 Å². The largest absolute Gasteiger partial charge is 0.461 e. The van der Waals surface area contributed by atoms with E-state index in [1.807, 2.05) is 6.92 Å². The molecule has 8 rings (SSSR count). The van der Waals surface area contributed by atoms with Crippen LogP contribution in [0, 0.1) is 50.2 Å². The number of esters is 1. The summed E-state index contributed by atoms with van der Waals surface area (Å²) in [5.74, 6) is -0.666. The van der Waals surface area contributed by atoms with Crippen molar-refractivity contribution >= 4 is 5.97 Å². The monoisotopic (exact) mass is 826 g/mol. The summed E-state index contributed by atoms with van der Waals surface area (Å²) in [5, 5.41) is 109. The Morgan fingerprint density at radius 1 is 0.741 bits per heavy atom. The molecular weight excluding hydrogens is 760 g/mol. The van der Waals surface area contributed by atoms with Gasteiger partial charge in [0.2, 0.25) is 0 Å². The van der Waals surface area contributed by atoms with E-state index in [-0.39, 0.29) is 47.1 Å². The lowest BCUT2D eigenvalue weighted by Crippen LogP contribution is -2.70. The van der Waals surface area contributed by atoms with Crippen LogP contribution in [0.2, 0.25) is 0 Å². The summed E-state index contributed by atoms with van der Waals surface area (Å²) in [6, 6.07) is 0. The molecule has 4 saturated carbocycles. The zero-order valence-corrected chi connectivity index (χ0v) is 34.4. The van der Waals surface area contributed by atoms with Gasteiger partial charge in [0.15, 0.2) is 12.6 Å². The smallest absolute Gasteiger partial charge is 0.315 e. The van der Waals surface area contributed by atoms with Gasteiger partial charge in [0.1, 0.15) is 60.4 Å². The molecule has 16 heteroatoms. The molecule has 8 aliphatic rings. The quantitative estimate of drug-likeness (QED) is 0.0860. The molecule has 0 aromatic carbocycles. The van der Waals surface area contributed by atoms with Gasteiger partial charge >= 0.3 is 5.97 Å². The fraction of sp³-hybridized carbons (Fsp3) is 0.929. The van der Waals surface area contributed by atoms with E-state index in [1.54, 1.807) is 0 Å².